The summed E-state index contributed by atoms with van der Waals surface area (Å²) in [4.78, 5) is 51.7. The van der Waals surface area contributed by atoms with Gasteiger partial charge in [-0.3, -0.25) is 23.7 Å². The van der Waals surface area contributed by atoms with Gasteiger partial charge in [0, 0.05) is 12.3 Å². The van der Waals surface area contributed by atoms with Gasteiger partial charge < -0.3 is 29.2 Å². The predicted molar refractivity (Wildman–Crippen MR) is 153 cm³/mol. The van der Waals surface area contributed by atoms with Gasteiger partial charge in [0.05, 0.1) is 12.7 Å². The Morgan fingerprint density at radius 3 is 2.40 bits per heavy atom. The zero-order chi connectivity index (χ0) is 32.2. The molecule has 1 aromatic heterocycles. The van der Waals surface area contributed by atoms with Crippen LogP contribution in [0, 0.1) is 0 Å². The number of benzene rings is 1. The summed E-state index contributed by atoms with van der Waals surface area (Å²) in [5, 5.41) is 16.5. The van der Waals surface area contributed by atoms with Crippen LogP contribution in [0.2, 0.25) is 0 Å². The minimum absolute atomic E-state index is 0.157. The van der Waals surface area contributed by atoms with Gasteiger partial charge in [-0.2, -0.15) is 5.09 Å². The van der Waals surface area contributed by atoms with Crippen LogP contribution < -0.4 is 26.2 Å². The Morgan fingerprint density at radius 2 is 1.81 bits per heavy atom. The van der Waals surface area contributed by atoms with Gasteiger partial charge >= 0.3 is 25.5 Å². The summed E-state index contributed by atoms with van der Waals surface area (Å²) in [6, 6.07) is 7.98. The van der Waals surface area contributed by atoms with E-state index in [0.717, 1.165) is 16.8 Å². The fourth-order valence-corrected chi connectivity index (χ4v) is 5.68. The number of aliphatic hydroxyl groups excluding tert-OH is 1. The lowest BCUT2D eigenvalue weighted by molar-refractivity contribution is -0.149. The summed E-state index contributed by atoms with van der Waals surface area (Å²) >= 11 is 0. The Kier molecular flexibility index (Phi) is 10.6. The molecule has 2 aromatic rings. The van der Waals surface area contributed by atoms with Crippen LogP contribution in [0.25, 0.3) is 0 Å². The van der Waals surface area contributed by atoms with E-state index >= 15 is 0 Å². The van der Waals surface area contributed by atoms with Crippen molar-refractivity contribution in [3.63, 3.8) is 0 Å². The molecule has 15 nitrogen and oxygen atoms in total. The van der Waals surface area contributed by atoms with Gasteiger partial charge in [0.1, 0.15) is 35.1 Å². The van der Waals surface area contributed by atoms with E-state index in [9.17, 15) is 28.8 Å². The number of para-hydroxylation sites is 1. The highest BCUT2D eigenvalue weighted by molar-refractivity contribution is 7.52. The first kappa shape index (κ1) is 34.0. The van der Waals surface area contributed by atoms with Crippen LogP contribution in [0.15, 0.2) is 52.2 Å². The third-order valence-electron chi connectivity index (χ3n) is 6.09. The monoisotopic (exact) mass is 626 g/mol. The summed E-state index contributed by atoms with van der Waals surface area (Å²) in [5.74, 6) is -0.552. The summed E-state index contributed by atoms with van der Waals surface area (Å²) < 4.78 is 42.7. The van der Waals surface area contributed by atoms with E-state index in [1.54, 1.807) is 52.8 Å². The predicted octanol–water partition coefficient (Wildman–Crippen LogP) is 2.21. The van der Waals surface area contributed by atoms with Crippen molar-refractivity contribution in [3.05, 3.63) is 63.4 Å². The third-order valence-corrected chi connectivity index (χ3v) is 7.74. The fourth-order valence-electron chi connectivity index (χ4n) is 4.18. The number of alkyl carbamates (subject to hydrolysis) is 1. The topological polar surface area (TPSA) is 197 Å². The zero-order valence-corrected chi connectivity index (χ0v) is 26.0. The van der Waals surface area contributed by atoms with Crippen LogP contribution in [0.1, 0.15) is 54.7 Å². The van der Waals surface area contributed by atoms with Gasteiger partial charge in [-0.05, 0) is 60.6 Å². The number of aromatic amines is 1. The van der Waals surface area contributed by atoms with Crippen molar-refractivity contribution in [2.75, 3.05) is 6.61 Å². The van der Waals surface area contributed by atoms with Crippen molar-refractivity contribution < 1.29 is 42.5 Å². The molecule has 2 heterocycles. The number of carbonyl (C=O) groups is 2. The molecule has 1 saturated heterocycles. The quantitative estimate of drug-likeness (QED) is 0.210. The number of carbonyl (C=O) groups excluding carboxylic acids is 2. The summed E-state index contributed by atoms with van der Waals surface area (Å²) in [6.45, 7) is 10.5. The lowest BCUT2D eigenvalue weighted by atomic mass is 9.92. The Morgan fingerprint density at radius 1 is 1.16 bits per heavy atom. The van der Waals surface area contributed by atoms with E-state index in [1.165, 1.54) is 26.0 Å². The van der Waals surface area contributed by atoms with Gasteiger partial charge in [0.25, 0.3) is 5.56 Å². The molecular weight excluding hydrogens is 587 g/mol. The van der Waals surface area contributed by atoms with Crippen molar-refractivity contribution in [1.82, 2.24) is 20.0 Å². The highest BCUT2D eigenvalue weighted by Gasteiger charge is 2.56. The average Bonchev–Trinajstić information content (AvgIpc) is 3.11. The molecule has 3 rings (SSSR count). The molecule has 0 spiro atoms. The maximum absolute atomic E-state index is 13.9. The van der Waals surface area contributed by atoms with Crippen LogP contribution in [0.3, 0.4) is 0 Å². The number of rotatable bonds is 11. The Balaban J connectivity index is 1.91. The van der Waals surface area contributed by atoms with E-state index in [1.807, 2.05) is 0 Å². The molecule has 0 bridgehead atoms. The van der Waals surface area contributed by atoms with Crippen LogP contribution in [0.4, 0.5) is 4.79 Å². The van der Waals surface area contributed by atoms with E-state index in [0.29, 0.717) is 0 Å². The lowest BCUT2D eigenvalue weighted by Crippen LogP contribution is -2.59. The molecule has 6 atom stereocenters. The molecule has 1 fully saturated rings. The number of nitrogens with one attached hydrogen (secondary N) is 3. The second-order valence-corrected chi connectivity index (χ2v) is 13.1. The van der Waals surface area contributed by atoms with Crippen molar-refractivity contribution in [3.8, 4) is 5.75 Å². The molecular formula is C27H39N4O11P. The third kappa shape index (κ3) is 9.00. The molecule has 238 valence electrons. The van der Waals surface area contributed by atoms with Crippen molar-refractivity contribution in [2.24, 2.45) is 0 Å². The summed E-state index contributed by atoms with van der Waals surface area (Å²) in [6.07, 6.45) is -4.47. The molecule has 43 heavy (non-hydrogen) atoms. The average molecular weight is 627 g/mol. The van der Waals surface area contributed by atoms with Crippen molar-refractivity contribution >= 4 is 19.8 Å². The minimum Gasteiger partial charge on any atom is -0.462 e. The summed E-state index contributed by atoms with van der Waals surface area (Å²) in [7, 11) is -4.35. The molecule has 1 amide bonds. The molecule has 0 saturated carbocycles. The first-order chi connectivity index (χ1) is 19.9. The second kappa shape index (κ2) is 13.4. The number of amides is 1. The molecule has 1 aliphatic rings. The smallest absolute Gasteiger partial charge is 0.459 e. The lowest BCUT2D eigenvalue weighted by Gasteiger charge is -2.34. The normalized spacial score (nSPS) is 24.2. The number of aliphatic hydroxyl groups is 1. The molecule has 16 heteroatoms. The number of nitrogens with zero attached hydrogens (tertiary/aromatic N) is 1. The fraction of sp³-hybridized carbons (Fsp3) is 0.556. The molecule has 1 aliphatic heterocycles. The number of esters is 1. The maximum atomic E-state index is 13.9. The Labute approximate surface area is 248 Å². The molecule has 0 radical (unpaired) electrons. The SMILES string of the molecule is CC(C)OC(=O)C(C)NP(=O)(OC[C@H]1O[C@@H](n2ccc(=O)[nH]c2=O)[C@](C)(NC(=O)OC(C)(C)C)[C@@H]1O)Oc1ccccc1. The second-order valence-electron chi connectivity index (χ2n) is 11.4. The van der Waals surface area contributed by atoms with E-state index < -0.39 is 79.4 Å². The highest BCUT2D eigenvalue weighted by atomic mass is 31.2. The van der Waals surface area contributed by atoms with E-state index in [-0.39, 0.29) is 5.75 Å². The van der Waals surface area contributed by atoms with Crippen molar-refractivity contribution in [2.45, 2.75) is 90.2 Å². The van der Waals surface area contributed by atoms with Gasteiger partial charge in [-0.25, -0.2) is 14.2 Å². The molecule has 1 aromatic carbocycles. The molecule has 2 unspecified atom stereocenters. The zero-order valence-electron chi connectivity index (χ0n) is 25.1. The van der Waals surface area contributed by atoms with Gasteiger partial charge in [0.2, 0.25) is 0 Å². The first-order valence-corrected chi connectivity index (χ1v) is 15.1. The van der Waals surface area contributed by atoms with E-state index in [2.05, 4.69) is 15.4 Å². The van der Waals surface area contributed by atoms with Gasteiger partial charge in [0.15, 0.2) is 6.23 Å². The van der Waals surface area contributed by atoms with Gasteiger partial charge in [-0.1, -0.05) is 18.2 Å². The van der Waals surface area contributed by atoms with Crippen LogP contribution in [0.5, 0.6) is 5.75 Å². The maximum Gasteiger partial charge on any atom is 0.459 e. The van der Waals surface area contributed by atoms with Gasteiger partial charge in [-0.15, -0.1) is 0 Å². The minimum atomic E-state index is -4.35. The Hall–Kier alpha value is -3.49. The van der Waals surface area contributed by atoms with Crippen LogP contribution in [-0.2, 0) is 28.1 Å². The number of ether oxygens (including phenoxy) is 3. The molecule has 0 aliphatic carbocycles. The summed E-state index contributed by atoms with van der Waals surface area (Å²) in [5.41, 5.74) is -4.15. The standard InChI is InChI=1S/C27H39N4O11P/c1-16(2)39-22(34)17(3)30-43(37,42-18-11-9-8-10-12-18)38-15-19-21(33)27(7,29-25(36)41-26(4,5)6)23(40-19)31-14-13-20(32)28-24(31)35/h8-14,16-17,19,21,23,33H,15H2,1-7H3,(H,29,36)(H,30,37)(H,28,32,35)/t17?,19-,21-,23-,27-,43?/m1/s1. The van der Waals surface area contributed by atoms with Crippen LogP contribution in [-0.4, -0.2) is 68.8 Å². The largest absolute Gasteiger partial charge is 0.462 e. The molecule has 4 N–H and O–H groups in total. The number of hydrogen-bond donors (Lipinski definition) is 4. The van der Waals surface area contributed by atoms with E-state index in [4.69, 9.17) is 23.3 Å². The first-order valence-electron chi connectivity index (χ1n) is 13.6. The number of H-pyrrole nitrogens is 1. The highest BCUT2D eigenvalue weighted by Crippen LogP contribution is 2.47. The number of aromatic nitrogens is 2. The Bertz CT molecular complexity index is 1440. The van der Waals surface area contributed by atoms with Crippen LogP contribution >= 0.6 is 7.75 Å². The van der Waals surface area contributed by atoms with Crippen molar-refractivity contribution in [1.29, 1.82) is 0 Å². The number of hydrogen-bond acceptors (Lipinski definition) is 11.